The number of ether oxygens (including phenoxy) is 2. The zero-order valence-electron chi connectivity index (χ0n) is 20.7. The van der Waals surface area contributed by atoms with Crippen molar-refractivity contribution >= 4 is 23.9 Å². The Morgan fingerprint density at radius 2 is 1.78 bits per heavy atom. The van der Waals surface area contributed by atoms with Crippen LogP contribution in [0.2, 0.25) is 0 Å². The van der Waals surface area contributed by atoms with Crippen molar-refractivity contribution in [2.45, 2.75) is 39.0 Å². The Hall–Kier alpha value is -4.51. The van der Waals surface area contributed by atoms with E-state index in [1.165, 1.54) is 18.3 Å². The lowest BCUT2D eigenvalue weighted by molar-refractivity contribution is -0.384. The Balaban J connectivity index is 1.60. The Labute approximate surface area is 213 Å². The molecule has 0 aliphatic heterocycles. The lowest BCUT2D eigenvalue weighted by Crippen LogP contribution is -2.49. The fourth-order valence-electron chi connectivity index (χ4n) is 3.06. The van der Waals surface area contributed by atoms with Crippen LogP contribution in [0.4, 0.5) is 10.5 Å². The van der Waals surface area contributed by atoms with Crippen molar-refractivity contribution in [1.82, 2.24) is 10.7 Å². The number of furan rings is 1. The van der Waals surface area contributed by atoms with Crippen LogP contribution in [0.3, 0.4) is 0 Å². The van der Waals surface area contributed by atoms with E-state index in [9.17, 15) is 19.7 Å². The number of hydrazone groups is 1. The molecule has 1 aromatic heterocycles. The average Bonchev–Trinajstić information content (AvgIpc) is 3.32. The molecule has 0 aliphatic carbocycles. The second-order valence-corrected chi connectivity index (χ2v) is 8.94. The molecule has 0 saturated heterocycles. The minimum Gasteiger partial charge on any atom is -0.455 e. The molecule has 1 atom stereocenters. The predicted octanol–water partition coefficient (Wildman–Crippen LogP) is 4.42. The van der Waals surface area contributed by atoms with Gasteiger partial charge in [0.1, 0.15) is 23.2 Å². The molecule has 2 N–H and O–H groups in total. The summed E-state index contributed by atoms with van der Waals surface area (Å²) in [4.78, 5) is 35.3. The molecule has 0 spiro atoms. The Morgan fingerprint density at radius 3 is 2.43 bits per heavy atom. The van der Waals surface area contributed by atoms with Crippen LogP contribution in [-0.4, -0.2) is 41.4 Å². The zero-order chi connectivity index (χ0) is 26.8. The van der Waals surface area contributed by atoms with Gasteiger partial charge in [0.05, 0.1) is 24.4 Å². The summed E-state index contributed by atoms with van der Waals surface area (Å²) in [6, 6.07) is 17.5. The first kappa shape index (κ1) is 27.1. The highest BCUT2D eigenvalue weighted by Crippen LogP contribution is 2.24. The molecule has 11 heteroatoms. The van der Waals surface area contributed by atoms with E-state index in [1.807, 2.05) is 30.3 Å². The highest BCUT2D eigenvalue weighted by Gasteiger charge is 2.24. The van der Waals surface area contributed by atoms with Gasteiger partial charge in [0.2, 0.25) is 0 Å². The average molecular weight is 509 g/mol. The summed E-state index contributed by atoms with van der Waals surface area (Å²) in [6.07, 6.45) is 0.529. The first-order valence-corrected chi connectivity index (χ1v) is 11.4. The lowest BCUT2D eigenvalue weighted by atomic mass is 10.1. The van der Waals surface area contributed by atoms with Gasteiger partial charge in [-0.1, -0.05) is 30.3 Å². The molecule has 1 heterocycles. The number of nitro benzene ring substituents is 1. The van der Waals surface area contributed by atoms with Crippen LogP contribution < -0.4 is 10.7 Å². The summed E-state index contributed by atoms with van der Waals surface area (Å²) < 4.78 is 16.5. The Morgan fingerprint density at radius 1 is 1.08 bits per heavy atom. The number of benzene rings is 2. The van der Waals surface area contributed by atoms with Crippen LogP contribution in [0.1, 0.15) is 32.1 Å². The third-order valence-corrected chi connectivity index (χ3v) is 4.76. The fraction of sp³-hybridized carbons (Fsp3) is 0.269. The van der Waals surface area contributed by atoms with E-state index < -0.39 is 28.6 Å². The maximum Gasteiger partial charge on any atom is 0.408 e. The standard InChI is InChI=1S/C26H28N4O7/c1-26(2,3)37-25(32)28-22(17-35-16-18-7-5-4-6-8-18)24(31)29-27-15-21-13-14-23(36-21)19-9-11-20(12-10-19)30(33)34/h4-15,22H,16-17H2,1-3H3,(H,28,32)(H,29,31)/b27-15-/t22-/m0/s1. The maximum absolute atomic E-state index is 12.7. The van der Waals surface area contributed by atoms with E-state index in [0.717, 1.165) is 5.56 Å². The third kappa shape index (κ3) is 8.89. The number of rotatable bonds is 10. The lowest BCUT2D eigenvalue weighted by Gasteiger charge is -2.22. The van der Waals surface area contributed by atoms with Gasteiger partial charge in [-0.05, 0) is 50.6 Å². The van der Waals surface area contributed by atoms with E-state index in [0.29, 0.717) is 17.1 Å². The fourth-order valence-corrected chi connectivity index (χ4v) is 3.06. The Bertz CT molecular complexity index is 1230. The summed E-state index contributed by atoms with van der Waals surface area (Å²) in [7, 11) is 0. The highest BCUT2D eigenvalue weighted by atomic mass is 16.6. The number of carbonyl (C=O) groups is 2. The normalized spacial score (nSPS) is 12.2. The minimum absolute atomic E-state index is 0.0258. The molecular formula is C26H28N4O7. The van der Waals surface area contributed by atoms with E-state index in [-0.39, 0.29) is 18.9 Å². The van der Waals surface area contributed by atoms with Crippen molar-refractivity contribution in [1.29, 1.82) is 0 Å². The van der Waals surface area contributed by atoms with Gasteiger partial charge in [-0.25, -0.2) is 10.2 Å². The first-order valence-electron chi connectivity index (χ1n) is 11.4. The van der Waals surface area contributed by atoms with Gasteiger partial charge in [0.25, 0.3) is 11.6 Å². The van der Waals surface area contributed by atoms with Crippen molar-refractivity contribution in [2.24, 2.45) is 5.10 Å². The molecule has 3 rings (SSSR count). The molecule has 0 fully saturated rings. The van der Waals surface area contributed by atoms with E-state index in [4.69, 9.17) is 13.9 Å². The molecule has 0 bridgehead atoms. The zero-order valence-corrected chi connectivity index (χ0v) is 20.7. The van der Waals surface area contributed by atoms with Crippen molar-refractivity contribution in [3.63, 3.8) is 0 Å². The molecule has 37 heavy (non-hydrogen) atoms. The number of hydrogen-bond donors (Lipinski definition) is 2. The quantitative estimate of drug-likeness (QED) is 0.234. The van der Waals surface area contributed by atoms with E-state index >= 15 is 0 Å². The number of amides is 2. The number of nitrogens with zero attached hydrogens (tertiary/aromatic N) is 2. The van der Waals surface area contributed by atoms with Gasteiger partial charge in [-0.2, -0.15) is 5.10 Å². The molecule has 0 radical (unpaired) electrons. The number of carbonyl (C=O) groups excluding carboxylic acids is 2. The molecular weight excluding hydrogens is 480 g/mol. The van der Waals surface area contributed by atoms with Crippen molar-refractivity contribution < 1.29 is 28.4 Å². The summed E-state index contributed by atoms with van der Waals surface area (Å²) in [6.45, 7) is 5.28. The molecule has 0 unspecified atom stereocenters. The molecule has 194 valence electrons. The summed E-state index contributed by atoms with van der Waals surface area (Å²) in [5, 5.41) is 17.2. The smallest absolute Gasteiger partial charge is 0.408 e. The molecule has 0 saturated carbocycles. The number of hydrogen-bond acceptors (Lipinski definition) is 8. The van der Waals surface area contributed by atoms with Crippen LogP contribution in [-0.2, 0) is 20.9 Å². The van der Waals surface area contributed by atoms with Crippen molar-refractivity contribution in [3.05, 3.63) is 88.2 Å². The summed E-state index contributed by atoms with van der Waals surface area (Å²) >= 11 is 0. The monoisotopic (exact) mass is 508 g/mol. The van der Waals surface area contributed by atoms with Gasteiger partial charge >= 0.3 is 6.09 Å². The number of nitrogens with one attached hydrogen (secondary N) is 2. The SMILES string of the molecule is CC(C)(C)OC(=O)N[C@@H](COCc1ccccc1)C(=O)N/N=C\c1ccc(-c2ccc([N+](=O)[O-])cc2)o1. The van der Waals surface area contributed by atoms with Crippen LogP contribution in [0.25, 0.3) is 11.3 Å². The van der Waals surface area contributed by atoms with Gasteiger partial charge in [-0.15, -0.1) is 0 Å². The Kier molecular flexibility index (Phi) is 9.11. The van der Waals surface area contributed by atoms with Crippen LogP contribution in [0.5, 0.6) is 0 Å². The summed E-state index contributed by atoms with van der Waals surface area (Å²) in [5.74, 6) is 0.199. The van der Waals surface area contributed by atoms with Crippen LogP contribution >= 0.6 is 0 Å². The molecule has 3 aromatic rings. The number of non-ortho nitro benzene ring substituents is 1. The molecule has 0 aliphatic rings. The van der Waals surface area contributed by atoms with Gasteiger partial charge < -0.3 is 19.2 Å². The molecule has 11 nitrogen and oxygen atoms in total. The molecule has 2 aromatic carbocycles. The van der Waals surface area contributed by atoms with Crippen LogP contribution in [0, 0.1) is 10.1 Å². The van der Waals surface area contributed by atoms with E-state index in [1.54, 1.807) is 45.0 Å². The summed E-state index contributed by atoms with van der Waals surface area (Å²) in [5.41, 5.74) is 3.16. The second kappa shape index (κ2) is 12.5. The minimum atomic E-state index is -1.07. The van der Waals surface area contributed by atoms with Crippen molar-refractivity contribution in [3.8, 4) is 11.3 Å². The van der Waals surface area contributed by atoms with Gasteiger partial charge in [-0.3, -0.25) is 14.9 Å². The highest BCUT2D eigenvalue weighted by molar-refractivity contribution is 5.87. The maximum atomic E-state index is 12.7. The van der Waals surface area contributed by atoms with Crippen molar-refractivity contribution in [2.75, 3.05) is 6.61 Å². The topological polar surface area (TPSA) is 145 Å². The second-order valence-electron chi connectivity index (χ2n) is 8.94. The first-order chi connectivity index (χ1) is 17.6. The largest absolute Gasteiger partial charge is 0.455 e. The molecule has 2 amide bonds. The van der Waals surface area contributed by atoms with E-state index in [2.05, 4.69) is 15.8 Å². The van der Waals surface area contributed by atoms with Gasteiger partial charge in [0.15, 0.2) is 0 Å². The van der Waals surface area contributed by atoms with Gasteiger partial charge in [0, 0.05) is 17.7 Å². The number of alkyl carbamates (subject to hydrolysis) is 1. The third-order valence-electron chi connectivity index (χ3n) is 4.76. The predicted molar refractivity (Wildman–Crippen MR) is 136 cm³/mol. The number of nitro groups is 1. The van der Waals surface area contributed by atoms with Crippen LogP contribution in [0.15, 0.2) is 76.2 Å².